The van der Waals surface area contributed by atoms with Crippen LogP contribution in [-0.4, -0.2) is 58.3 Å². The quantitative estimate of drug-likeness (QED) is 0.403. The van der Waals surface area contributed by atoms with Crippen LogP contribution in [-0.2, 0) is 17.8 Å². The Balaban J connectivity index is 1.08. The Hall–Kier alpha value is -4.05. The monoisotopic (exact) mass is 542 g/mol. The van der Waals surface area contributed by atoms with Crippen molar-refractivity contribution in [3.8, 4) is 0 Å². The first kappa shape index (κ1) is 24.0. The van der Waals surface area contributed by atoms with Gasteiger partial charge in [0.15, 0.2) is 5.82 Å². The Labute approximate surface area is 230 Å². The Morgan fingerprint density at radius 3 is 2.59 bits per heavy atom. The molecular weight excluding hydrogens is 512 g/mol. The zero-order valence-corrected chi connectivity index (χ0v) is 22.6. The minimum atomic E-state index is -0.909. The number of carboxylic acids is 1. The van der Waals surface area contributed by atoms with E-state index in [9.17, 15) is 9.59 Å². The molecule has 1 aromatic carbocycles. The number of aliphatic carboxylic acids is 1. The summed E-state index contributed by atoms with van der Waals surface area (Å²) in [6, 6.07) is 12.4. The van der Waals surface area contributed by atoms with Crippen molar-refractivity contribution >= 4 is 51.9 Å². The lowest BCUT2D eigenvalue weighted by Crippen LogP contribution is -2.26. The highest BCUT2D eigenvalue weighted by Crippen LogP contribution is 2.43. The first-order valence-electron chi connectivity index (χ1n) is 13.5. The highest BCUT2D eigenvalue weighted by Gasteiger charge is 2.29. The van der Waals surface area contributed by atoms with Gasteiger partial charge >= 0.3 is 5.97 Å². The maximum atomic E-state index is 13.1. The molecule has 9 nitrogen and oxygen atoms in total. The van der Waals surface area contributed by atoms with Gasteiger partial charge in [0.1, 0.15) is 12.4 Å². The van der Waals surface area contributed by atoms with Crippen molar-refractivity contribution < 1.29 is 14.7 Å². The first-order valence-corrected chi connectivity index (χ1v) is 14.3. The van der Waals surface area contributed by atoms with Crippen molar-refractivity contribution in [1.29, 1.82) is 0 Å². The van der Waals surface area contributed by atoms with Gasteiger partial charge in [0, 0.05) is 43.2 Å². The van der Waals surface area contributed by atoms with Gasteiger partial charge in [0.25, 0.3) is 5.91 Å². The fourth-order valence-electron chi connectivity index (χ4n) is 5.61. The molecule has 3 N–H and O–H groups in total. The van der Waals surface area contributed by atoms with Crippen LogP contribution in [0.1, 0.15) is 51.4 Å². The number of hydrogen-bond donors (Lipinski definition) is 3. The second-order valence-electron chi connectivity index (χ2n) is 10.6. The zero-order chi connectivity index (χ0) is 26.7. The molecule has 2 aliphatic carbocycles. The van der Waals surface area contributed by atoms with E-state index in [1.54, 1.807) is 11.6 Å². The Morgan fingerprint density at radius 2 is 1.82 bits per heavy atom. The van der Waals surface area contributed by atoms with E-state index in [-0.39, 0.29) is 12.5 Å². The summed E-state index contributed by atoms with van der Waals surface area (Å²) in [6.45, 7) is 2.51. The van der Waals surface area contributed by atoms with Crippen LogP contribution < -0.4 is 15.5 Å². The van der Waals surface area contributed by atoms with Gasteiger partial charge in [-0.25, -0.2) is 4.68 Å². The molecule has 3 aromatic rings. The van der Waals surface area contributed by atoms with Crippen LogP contribution in [0.3, 0.4) is 0 Å². The number of nitrogens with zero attached hydrogens (tertiary/aromatic N) is 4. The van der Waals surface area contributed by atoms with E-state index in [4.69, 9.17) is 5.11 Å². The molecule has 1 amide bonds. The van der Waals surface area contributed by atoms with E-state index < -0.39 is 5.97 Å². The number of allylic oxidation sites excluding steroid dienone is 2. The van der Waals surface area contributed by atoms with Crippen molar-refractivity contribution in [1.82, 2.24) is 20.0 Å². The standard InChI is InChI=1S/C29H30N6O3S/c1-33-11-10-19-14-20(6-7-21(19)28(33)18-4-5-18)34-12-13-35-25(34)15-24(32-35)31-29(38)23-9-8-22(39-23)27(17-2-3-17)30-16-26(36)37/h6-9,14-15,30H,2-5,10-13,16H2,1H3,(H,36,37)(H,31,32,38). The Kier molecular flexibility index (Phi) is 5.73. The number of fused-ring (bicyclic) bond motifs is 2. The lowest BCUT2D eigenvalue weighted by atomic mass is 9.95. The van der Waals surface area contributed by atoms with Crippen LogP contribution in [0.25, 0.3) is 11.4 Å². The fourth-order valence-corrected chi connectivity index (χ4v) is 6.58. The zero-order valence-electron chi connectivity index (χ0n) is 21.8. The summed E-state index contributed by atoms with van der Waals surface area (Å²) in [4.78, 5) is 30.2. The predicted molar refractivity (Wildman–Crippen MR) is 152 cm³/mol. The normalized spacial score (nSPS) is 17.2. The van der Waals surface area contributed by atoms with Gasteiger partial charge in [-0.3, -0.25) is 9.59 Å². The van der Waals surface area contributed by atoms with Gasteiger partial charge in [-0.2, -0.15) is 5.10 Å². The van der Waals surface area contributed by atoms with E-state index in [1.165, 1.54) is 46.6 Å². The van der Waals surface area contributed by atoms with Crippen LogP contribution >= 0.6 is 11.3 Å². The molecule has 2 saturated carbocycles. The van der Waals surface area contributed by atoms with E-state index in [2.05, 4.69) is 50.8 Å². The van der Waals surface area contributed by atoms with Crippen molar-refractivity contribution in [2.24, 2.45) is 0 Å². The van der Waals surface area contributed by atoms with Crippen LogP contribution in [0.4, 0.5) is 17.3 Å². The number of rotatable bonds is 7. The second kappa shape index (κ2) is 9.30. The number of amides is 1. The van der Waals surface area contributed by atoms with Crippen molar-refractivity contribution in [3.63, 3.8) is 0 Å². The minimum absolute atomic E-state index is 0.144. The third-order valence-electron chi connectivity index (χ3n) is 7.75. The largest absolute Gasteiger partial charge is 0.480 e. The maximum absolute atomic E-state index is 13.1. The van der Waals surface area contributed by atoms with Crippen molar-refractivity contribution in [2.75, 3.05) is 36.9 Å². The molecular formula is C29H30N6O3S. The molecule has 2 aromatic heterocycles. The van der Waals surface area contributed by atoms with Crippen molar-refractivity contribution in [2.45, 2.75) is 38.6 Å². The summed E-state index contributed by atoms with van der Waals surface area (Å²) in [6.07, 6.45) is 5.39. The molecule has 39 heavy (non-hydrogen) atoms. The van der Waals surface area contributed by atoms with Gasteiger partial charge in [0.2, 0.25) is 0 Å². The van der Waals surface area contributed by atoms with E-state index in [0.29, 0.717) is 10.7 Å². The summed E-state index contributed by atoms with van der Waals surface area (Å²) >= 11 is 1.36. The summed E-state index contributed by atoms with van der Waals surface area (Å²) < 4.78 is 1.95. The minimum Gasteiger partial charge on any atom is -0.480 e. The van der Waals surface area contributed by atoms with E-state index >= 15 is 0 Å². The van der Waals surface area contributed by atoms with Crippen LogP contribution in [0.15, 0.2) is 47.5 Å². The van der Waals surface area contributed by atoms with Crippen molar-refractivity contribution in [3.05, 3.63) is 68.4 Å². The molecule has 4 aliphatic rings. The third kappa shape index (κ3) is 4.58. The average Bonchev–Trinajstić information content (AvgIpc) is 3.80. The molecule has 200 valence electrons. The molecule has 0 bridgehead atoms. The summed E-state index contributed by atoms with van der Waals surface area (Å²) in [5.74, 6) is 0.379. The van der Waals surface area contributed by atoms with E-state index in [0.717, 1.165) is 61.0 Å². The van der Waals surface area contributed by atoms with Gasteiger partial charge in [-0.05, 0) is 73.1 Å². The number of aromatic nitrogens is 2. The number of thiophene rings is 1. The molecule has 10 heteroatoms. The Bertz CT molecular complexity index is 1570. The highest BCUT2D eigenvalue weighted by atomic mass is 32.1. The van der Waals surface area contributed by atoms with Crippen LogP contribution in [0.5, 0.6) is 0 Å². The summed E-state index contributed by atoms with van der Waals surface area (Å²) in [5, 5.41) is 19.7. The molecule has 0 unspecified atom stereocenters. The third-order valence-corrected chi connectivity index (χ3v) is 8.85. The number of nitrogens with one attached hydrogen (secondary N) is 2. The number of carbonyl (C=O) groups is 2. The first-order chi connectivity index (χ1) is 18.9. The molecule has 0 atom stereocenters. The number of carboxylic acid groups (broad SMARTS) is 1. The average molecular weight is 543 g/mol. The topological polar surface area (TPSA) is 103 Å². The fraction of sp³-hybridized carbons (Fsp3) is 0.345. The molecule has 0 spiro atoms. The highest BCUT2D eigenvalue weighted by molar-refractivity contribution is 7.15. The molecule has 2 aliphatic heterocycles. The number of anilines is 3. The lowest BCUT2D eigenvalue weighted by molar-refractivity contribution is -0.135. The number of hydrogen-bond acceptors (Lipinski definition) is 7. The SMILES string of the molecule is CN1CCc2cc(N3CCn4nc(NC(=O)c5ccc(C(NCC(=O)O)=C6CC6)s5)cc43)ccc2C1=C1CC1. The second-order valence-corrected chi connectivity index (χ2v) is 11.7. The van der Waals surface area contributed by atoms with Crippen LogP contribution in [0, 0.1) is 0 Å². The van der Waals surface area contributed by atoms with Crippen LogP contribution in [0.2, 0.25) is 0 Å². The number of benzene rings is 1. The molecule has 0 saturated heterocycles. The van der Waals surface area contributed by atoms with Gasteiger partial charge < -0.3 is 25.5 Å². The molecule has 4 heterocycles. The van der Waals surface area contributed by atoms with E-state index in [1.807, 2.05) is 16.8 Å². The number of carbonyl (C=O) groups excluding carboxylic acids is 1. The predicted octanol–water partition coefficient (Wildman–Crippen LogP) is 4.52. The Morgan fingerprint density at radius 1 is 1.00 bits per heavy atom. The van der Waals surface area contributed by atoms with Gasteiger partial charge in [-0.1, -0.05) is 6.07 Å². The molecule has 0 radical (unpaired) electrons. The molecule has 7 rings (SSSR count). The summed E-state index contributed by atoms with van der Waals surface area (Å²) in [7, 11) is 2.20. The lowest BCUT2D eigenvalue weighted by Gasteiger charge is -2.31. The maximum Gasteiger partial charge on any atom is 0.322 e. The van der Waals surface area contributed by atoms with Gasteiger partial charge in [-0.15, -0.1) is 11.3 Å². The molecule has 2 fully saturated rings. The summed E-state index contributed by atoms with van der Waals surface area (Å²) in [5.41, 5.74) is 8.97. The smallest absolute Gasteiger partial charge is 0.322 e. The number of likely N-dealkylation sites (N-methyl/N-ethyl adjacent to an activating group) is 1. The van der Waals surface area contributed by atoms with Gasteiger partial charge in [0.05, 0.1) is 22.0 Å².